The number of nitrogen functional groups attached to an aromatic ring is 1. The van der Waals surface area contributed by atoms with Crippen molar-refractivity contribution in [2.24, 2.45) is 0 Å². The summed E-state index contributed by atoms with van der Waals surface area (Å²) >= 11 is 1.03. The molecule has 21 heavy (non-hydrogen) atoms. The molecule has 3 N–H and O–H groups in total. The number of rotatable bonds is 5. The second-order valence-corrected chi connectivity index (χ2v) is 8.04. The molecule has 0 radical (unpaired) electrons. The fourth-order valence-electron chi connectivity index (χ4n) is 1.71. The first kappa shape index (κ1) is 15.7. The summed E-state index contributed by atoms with van der Waals surface area (Å²) in [6, 6.07) is 4.95. The number of nitrogens with two attached hydrogens (primary N) is 1. The average Bonchev–Trinajstić information content (AvgIpc) is 2.81. The predicted molar refractivity (Wildman–Crippen MR) is 84.0 cm³/mol. The van der Waals surface area contributed by atoms with Gasteiger partial charge in [-0.2, -0.15) is 0 Å². The quantitative estimate of drug-likeness (QED) is 0.812. The molecule has 0 aliphatic carbocycles. The largest absolute Gasteiger partial charge is 0.399 e. The van der Waals surface area contributed by atoms with E-state index in [0.29, 0.717) is 15.9 Å². The number of nitrogens with one attached hydrogen (secondary N) is 1. The Morgan fingerprint density at radius 1 is 1.48 bits per heavy atom. The van der Waals surface area contributed by atoms with E-state index in [1.807, 2.05) is 13.8 Å². The van der Waals surface area contributed by atoms with E-state index in [2.05, 4.69) is 10.3 Å². The second kappa shape index (κ2) is 5.98. The van der Waals surface area contributed by atoms with Crippen LogP contribution in [0.15, 0.2) is 22.5 Å². The molecule has 1 unspecified atom stereocenters. The molecule has 0 fully saturated rings. The van der Waals surface area contributed by atoms with Crippen molar-refractivity contribution in [3.05, 3.63) is 18.2 Å². The summed E-state index contributed by atoms with van der Waals surface area (Å²) in [4.78, 5) is 15.8. The fraction of sp³-hybridized carbons (Fsp3) is 0.385. The van der Waals surface area contributed by atoms with Crippen LogP contribution >= 0.6 is 11.3 Å². The molecule has 6 nitrogen and oxygen atoms in total. The first-order valence-electron chi connectivity index (χ1n) is 6.50. The van der Waals surface area contributed by atoms with E-state index in [1.165, 1.54) is 0 Å². The van der Waals surface area contributed by atoms with Gasteiger partial charge in [0.05, 0.1) is 10.2 Å². The number of anilines is 1. The number of sulfone groups is 1. The molecule has 2 rings (SSSR count). The zero-order valence-electron chi connectivity index (χ0n) is 11.8. The van der Waals surface area contributed by atoms with Crippen LogP contribution in [0.4, 0.5) is 5.69 Å². The number of amides is 1. The number of hydrogen-bond acceptors (Lipinski definition) is 6. The van der Waals surface area contributed by atoms with Crippen LogP contribution in [-0.4, -0.2) is 31.1 Å². The maximum atomic E-state index is 12.2. The first-order valence-corrected chi connectivity index (χ1v) is 8.97. The fourth-order valence-corrected chi connectivity index (χ4v) is 4.19. The van der Waals surface area contributed by atoms with Gasteiger partial charge in [0.2, 0.25) is 20.1 Å². The topological polar surface area (TPSA) is 102 Å². The van der Waals surface area contributed by atoms with Gasteiger partial charge in [-0.05, 0) is 31.5 Å². The van der Waals surface area contributed by atoms with Crippen LogP contribution in [0.2, 0.25) is 0 Å². The minimum absolute atomic E-state index is 0.0529. The van der Waals surface area contributed by atoms with Crippen molar-refractivity contribution >= 4 is 43.0 Å². The Bertz CT molecular complexity index is 768. The summed E-state index contributed by atoms with van der Waals surface area (Å²) in [6.07, 6.45) is 0.742. The summed E-state index contributed by atoms with van der Waals surface area (Å²) < 4.78 is 25.1. The third-order valence-corrected chi connectivity index (χ3v) is 6.09. The SMILES string of the molecule is CCC(C)NC(=O)CS(=O)(=O)c1nc2ccc(N)cc2s1. The summed E-state index contributed by atoms with van der Waals surface area (Å²) in [6.45, 7) is 3.74. The average molecular weight is 327 g/mol. The number of hydrogen-bond donors (Lipinski definition) is 2. The number of benzene rings is 1. The molecular weight excluding hydrogens is 310 g/mol. The molecule has 1 aromatic heterocycles. The lowest BCUT2D eigenvalue weighted by molar-refractivity contribution is -0.119. The van der Waals surface area contributed by atoms with Crippen LogP contribution in [0.25, 0.3) is 10.2 Å². The third-order valence-electron chi connectivity index (χ3n) is 3.00. The Labute approximate surface area is 127 Å². The molecule has 0 bridgehead atoms. The molecule has 1 atom stereocenters. The zero-order valence-corrected chi connectivity index (χ0v) is 13.4. The number of carbonyl (C=O) groups excluding carboxylic acids is 1. The molecule has 0 aliphatic rings. The highest BCUT2D eigenvalue weighted by molar-refractivity contribution is 7.94. The second-order valence-electron chi connectivity index (χ2n) is 4.84. The van der Waals surface area contributed by atoms with Crippen molar-refractivity contribution in [1.29, 1.82) is 0 Å². The highest BCUT2D eigenvalue weighted by atomic mass is 32.2. The Morgan fingerprint density at radius 2 is 2.19 bits per heavy atom. The van der Waals surface area contributed by atoms with Gasteiger partial charge in [0.25, 0.3) is 0 Å². The van der Waals surface area contributed by atoms with E-state index in [4.69, 9.17) is 5.73 Å². The van der Waals surface area contributed by atoms with Gasteiger partial charge in [0.15, 0.2) is 0 Å². The van der Waals surface area contributed by atoms with Crippen molar-refractivity contribution in [1.82, 2.24) is 10.3 Å². The lowest BCUT2D eigenvalue weighted by atomic mass is 10.3. The lowest BCUT2D eigenvalue weighted by Crippen LogP contribution is -2.36. The highest BCUT2D eigenvalue weighted by Crippen LogP contribution is 2.27. The molecule has 1 amide bonds. The molecule has 0 saturated carbocycles. The van der Waals surface area contributed by atoms with E-state index in [0.717, 1.165) is 17.8 Å². The van der Waals surface area contributed by atoms with Crippen LogP contribution in [0, 0.1) is 0 Å². The number of aromatic nitrogens is 1. The zero-order chi connectivity index (χ0) is 15.6. The summed E-state index contributed by atoms with van der Waals surface area (Å²) in [5, 5.41) is 2.64. The van der Waals surface area contributed by atoms with Gasteiger partial charge < -0.3 is 11.1 Å². The van der Waals surface area contributed by atoms with E-state index >= 15 is 0 Å². The maximum absolute atomic E-state index is 12.2. The van der Waals surface area contributed by atoms with Crippen LogP contribution in [0.3, 0.4) is 0 Å². The molecule has 114 valence electrons. The van der Waals surface area contributed by atoms with Gasteiger partial charge in [0, 0.05) is 11.7 Å². The van der Waals surface area contributed by atoms with E-state index in [-0.39, 0.29) is 10.4 Å². The third kappa shape index (κ3) is 3.70. The van der Waals surface area contributed by atoms with Crippen molar-refractivity contribution < 1.29 is 13.2 Å². The van der Waals surface area contributed by atoms with Crippen LogP contribution in [-0.2, 0) is 14.6 Å². The molecule has 2 aromatic rings. The maximum Gasteiger partial charge on any atom is 0.235 e. The van der Waals surface area contributed by atoms with Gasteiger partial charge in [-0.3, -0.25) is 4.79 Å². The minimum atomic E-state index is -3.73. The Morgan fingerprint density at radius 3 is 2.86 bits per heavy atom. The Kier molecular flexibility index (Phi) is 4.48. The first-order chi connectivity index (χ1) is 9.81. The summed E-state index contributed by atoms with van der Waals surface area (Å²) in [5.41, 5.74) is 6.77. The van der Waals surface area contributed by atoms with Crippen LogP contribution < -0.4 is 11.1 Å². The van der Waals surface area contributed by atoms with Crippen molar-refractivity contribution in [2.45, 2.75) is 30.6 Å². The molecule has 1 aromatic carbocycles. The predicted octanol–water partition coefficient (Wildman–Crippen LogP) is 1.57. The van der Waals surface area contributed by atoms with Crippen molar-refractivity contribution in [3.63, 3.8) is 0 Å². The molecule has 0 saturated heterocycles. The lowest BCUT2D eigenvalue weighted by Gasteiger charge is -2.10. The van der Waals surface area contributed by atoms with E-state index < -0.39 is 21.5 Å². The van der Waals surface area contributed by atoms with Gasteiger partial charge in [-0.15, -0.1) is 11.3 Å². The van der Waals surface area contributed by atoms with E-state index in [9.17, 15) is 13.2 Å². The standard InChI is InChI=1S/C13H17N3O3S2/c1-3-8(2)15-12(17)7-21(18,19)13-16-10-5-4-9(14)6-11(10)20-13/h4-6,8H,3,7,14H2,1-2H3,(H,15,17). The van der Waals surface area contributed by atoms with Gasteiger partial charge in [-0.1, -0.05) is 6.92 Å². The Hall–Kier alpha value is -1.67. The van der Waals surface area contributed by atoms with Crippen LogP contribution in [0.1, 0.15) is 20.3 Å². The summed E-state index contributed by atoms with van der Waals surface area (Å²) in [5.74, 6) is -1.10. The molecule has 0 spiro atoms. The normalized spacial score (nSPS) is 13.2. The number of fused-ring (bicyclic) bond motifs is 1. The van der Waals surface area contributed by atoms with Gasteiger partial charge >= 0.3 is 0 Å². The van der Waals surface area contributed by atoms with E-state index in [1.54, 1.807) is 18.2 Å². The number of thiazole rings is 1. The Balaban J connectivity index is 2.23. The molecule has 0 aliphatic heterocycles. The smallest absolute Gasteiger partial charge is 0.235 e. The summed E-state index contributed by atoms with van der Waals surface area (Å²) in [7, 11) is -3.73. The van der Waals surface area contributed by atoms with Crippen molar-refractivity contribution in [3.8, 4) is 0 Å². The monoisotopic (exact) mass is 327 g/mol. The number of nitrogens with zero attached hydrogens (tertiary/aromatic N) is 1. The molecular formula is C13H17N3O3S2. The highest BCUT2D eigenvalue weighted by Gasteiger charge is 2.24. The molecule has 1 heterocycles. The van der Waals surface area contributed by atoms with Gasteiger partial charge in [0.1, 0.15) is 5.75 Å². The van der Waals surface area contributed by atoms with Crippen LogP contribution in [0.5, 0.6) is 0 Å². The minimum Gasteiger partial charge on any atom is -0.399 e. The van der Waals surface area contributed by atoms with Crippen molar-refractivity contribution in [2.75, 3.05) is 11.5 Å². The number of carbonyl (C=O) groups is 1. The molecule has 8 heteroatoms. The van der Waals surface area contributed by atoms with Gasteiger partial charge in [-0.25, -0.2) is 13.4 Å².